The Hall–Kier alpha value is -2.61. The molecule has 1 aliphatic heterocycles. The Balaban J connectivity index is 1.64. The van der Waals surface area contributed by atoms with Crippen LogP contribution in [0.15, 0.2) is 23.6 Å². The smallest absolute Gasteiger partial charge is 0.329 e. The van der Waals surface area contributed by atoms with E-state index in [4.69, 9.17) is 14.2 Å². The molecular weight excluding hydrogens is 356 g/mol. The summed E-state index contributed by atoms with van der Waals surface area (Å²) in [5, 5.41) is 5.24. The molecule has 1 aliphatic rings. The van der Waals surface area contributed by atoms with Gasteiger partial charge in [-0.3, -0.25) is 4.79 Å². The number of carbonyl (C=O) groups is 2. The lowest BCUT2D eigenvalue weighted by atomic mass is 10.2. The molecule has 8 heteroatoms. The van der Waals surface area contributed by atoms with Crippen molar-refractivity contribution in [1.29, 1.82) is 0 Å². The van der Waals surface area contributed by atoms with Crippen LogP contribution in [0.5, 0.6) is 11.5 Å². The highest BCUT2D eigenvalue weighted by atomic mass is 32.1. The minimum Gasteiger partial charge on any atom is -0.493 e. The maximum absolute atomic E-state index is 11.9. The van der Waals surface area contributed by atoms with Crippen molar-refractivity contribution in [3.8, 4) is 22.1 Å². The maximum atomic E-state index is 11.9. The van der Waals surface area contributed by atoms with Crippen molar-refractivity contribution in [3.63, 3.8) is 0 Å². The first-order chi connectivity index (χ1) is 12.6. The Kier molecular flexibility index (Phi) is 5.72. The average Bonchev–Trinajstić information content (AvgIpc) is 3.29. The van der Waals surface area contributed by atoms with Crippen molar-refractivity contribution >= 4 is 23.2 Å². The Morgan fingerprint density at radius 3 is 2.92 bits per heavy atom. The third-order valence-electron chi connectivity index (χ3n) is 3.90. The Morgan fingerprint density at radius 1 is 1.38 bits per heavy atom. The van der Waals surface area contributed by atoms with Gasteiger partial charge in [-0.05, 0) is 31.5 Å². The number of hydrogen-bond acceptors (Lipinski definition) is 7. The molecule has 1 aromatic heterocycles. The van der Waals surface area contributed by atoms with E-state index >= 15 is 0 Å². The van der Waals surface area contributed by atoms with E-state index < -0.39 is 12.0 Å². The molecule has 1 aromatic carbocycles. The Bertz CT molecular complexity index is 805. The Labute approximate surface area is 155 Å². The molecule has 0 bridgehead atoms. The molecule has 0 saturated carbocycles. The lowest BCUT2D eigenvalue weighted by Crippen LogP contribution is -2.34. The van der Waals surface area contributed by atoms with E-state index in [2.05, 4.69) is 10.3 Å². The SMILES string of the molecule is CCOc1ccc(-c2nc(COC(=O)C3CCC(=O)N3)cs2)cc1OC. The van der Waals surface area contributed by atoms with Gasteiger partial charge in [-0.2, -0.15) is 0 Å². The number of esters is 1. The lowest BCUT2D eigenvalue weighted by Gasteiger charge is -2.10. The predicted octanol–water partition coefficient (Wildman–Crippen LogP) is 2.54. The van der Waals surface area contributed by atoms with Gasteiger partial charge < -0.3 is 19.5 Å². The average molecular weight is 376 g/mol. The van der Waals surface area contributed by atoms with Crippen molar-refractivity contribution in [2.75, 3.05) is 13.7 Å². The van der Waals surface area contributed by atoms with Crippen molar-refractivity contribution in [3.05, 3.63) is 29.3 Å². The number of ether oxygens (including phenoxy) is 3. The van der Waals surface area contributed by atoms with Crippen LogP contribution in [0.2, 0.25) is 0 Å². The summed E-state index contributed by atoms with van der Waals surface area (Å²) in [5.41, 5.74) is 1.56. The monoisotopic (exact) mass is 376 g/mol. The second kappa shape index (κ2) is 8.18. The minimum absolute atomic E-state index is 0.0792. The van der Waals surface area contributed by atoms with Gasteiger partial charge in [-0.15, -0.1) is 11.3 Å². The molecule has 1 amide bonds. The molecule has 0 spiro atoms. The van der Waals surface area contributed by atoms with Crippen LogP contribution in [0, 0.1) is 0 Å². The fourth-order valence-electron chi connectivity index (χ4n) is 2.62. The molecule has 0 radical (unpaired) electrons. The Morgan fingerprint density at radius 2 is 2.23 bits per heavy atom. The minimum atomic E-state index is -0.545. The zero-order valence-electron chi connectivity index (χ0n) is 14.6. The highest BCUT2D eigenvalue weighted by Crippen LogP contribution is 2.33. The zero-order valence-corrected chi connectivity index (χ0v) is 15.4. The van der Waals surface area contributed by atoms with Crippen LogP contribution in [-0.2, 0) is 20.9 Å². The summed E-state index contributed by atoms with van der Waals surface area (Å²) in [5.74, 6) is 0.785. The first kappa shape index (κ1) is 18.2. The molecular formula is C18H20N2O5S. The van der Waals surface area contributed by atoms with E-state index in [-0.39, 0.29) is 12.5 Å². The van der Waals surface area contributed by atoms with Gasteiger partial charge in [0.05, 0.1) is 19.4 Å². The molecule has 0 aliphatic carbocycles. The molecule has 1 atom stereocenters. The van der Waals surface area contributed by atoms with Gasteiger partial charge >= 0.3 is 5.97 Å². The highest BCUT2D eigenvalue weighted by Gasteiger charge is 2.28. The number of rotatable bonds is 7. The molecule has 138 valence electrons. The van der Waals surface area contributed by atoms with E-state index in [0.29, 0.717) is 36.6 Å². The van der Waals surface area contributed by atoms with Gasteiger partial charge in [-0.25, -0.2) is 9.78 Å². The number of aromatic nitrogens is 1. The third kappa shape index (κ3) is 4.13. The van der Waals surface area contributed by atoms with Crippen LogP contribution in [0.3, 0.4) is 0 Å². The number of methoxy groups -OCH3 is 1. The van der Waals surface area contributed by atoms with Gasteiger partial charge in [0.25, 0.3) is 0 Å². The number of thiazole rings is 1. The fourth-order valence-corrected chi connectivity index (χ4v) is 3.42. The molecule has 2 heterocycles. The summed E-state index contributed by atoms with van der Waals surface area (Å²) >= 11 is 1.46. The number of hydrogen-bond donors (Lipinski definition) is 1. The number of benzene rings is 1. The van der Waals surface area contributed by atoms with Crippen molar-refractivity contribution in [1.82, 2.24) is 10.3 Å². The van der Waals surface area contributed by atoms with E-state index in [9.17, 15) is 9.59 Å². The lowest BCUT2D eigenvalue weighted by molar-refractivity contribution is -0.147. The van der Waals surface area contributed by atoms with Crippen molar-refractivity contribution in [2.45, 2.75) is 32.4 Å². The first-order valence-electron chi connectivity index (χ1n) is 8.32. The maximum Gasteiger partial charge on any atom is 0.329 e. The van der Waals surface area contributed by atoms with Crippen LogP contribution < -0.4 is 14.8 Å². The summed E-state index contributed by atoms with van der Waals surface area (Å²) in [7, 11) is 1.59. The van der Waals surface area contributed by atoms with Crippen LogP contribution >= 0.6 is 11.3 Å². The summed E-state index contributed by atoms with van der Waals surface area (Å²) in [6, 6.07) is 5.08. The zero-order chi connectivity index (χ0) is 18.5. The molecule has 1 unspecified atom stereocenters. The molecule has 2 aromatic rings. The number of nitrogens with zero attached hydrogens (tertiary/aromatic N) is 1. The third-order valence-corrected chi connectivity index (χ3v) is 4.84. The second-order valence-corrected chi connectivity index (χ2v) is 6.57. The van der Waals surface area contributed by atoms with Gasteiger partial charge in [0, 0.05) is 17.4 Å². The van der Waals surface area contributed by atoms with Crippen molar-refractivity contribution in [2.24, 2.45) is 0 Å². The van der Waals surface area contributed by atoms with E-state index in [1.54, 1.807) is 7.11 Å². The number of nitrogens with one attached hydrogen (secondary N) is 1. The molecule has 26 heavy (non-hydrogen) atoms. The van der Waals surface area contributed by atoms with Crippen molar-refractivity contribution < 1.29 is 23.8 Å². The molecule has 7 nitrogen and oxygen atoms in total. The first-order valence-corrected chi connectivity index (χ1v) is 9.20. The van der Waals surface area contributed by atoms with E-state index in [1.807, 2.05) is 30.5 Å². The van der Waals surface area contributed by atoms with E-state index in [0.717, 1.165) is 10.6 Å². The van der Waals surface area contributed by atoms with Gasteiger partial charge in [-0.1, -0.05) is 0 Å². The molecule has 1 N–H and O–H groups in total. The second-order valence-electron chi connectivity index (χ2n) is 5.71. The van der Waals surface area contributed by atoms with Gasteiger partial charge in [0.15, 0.2) is 11.5 Å². The highest BCUT2D eigenvalue weighted by molar-refractivity contribution is 7.13. The quantitative estimate of drug-likeness (QED) is 0.748. The van der Waals surface area contributed by atoms with E-state index in [1.165, 1.54) is 11.3 Å². The summed E-state index contributed by atoms with van der Waals surface area (Å²) in [6.45, 7) is 2.55. The largest absolute Gasteiger partial charge is 0.493 e. The summed E-state index contributed by atoms with van der Waals surface area (Å²) < 4.78 is 16.1. The number of amides is 1. The normalized spacial score (nSPS) is 16.2. The topological polar surface area (TPSA) is 86.8 Å². The number of carbonyl (C=O) groups excluding carboxylic acids is 2. The molecule has 3 rings (SSSR count). The molecule has 1 fully saturated rings. The van der Waals surface area contributed by atoms with Crippen LogP contribution in [0.1, 0.15) is 25.5 Å². The molecule has 1 saturated heterocycles. The fraction of sp³-hybridized carbons (Fsp3) is 0.389. The summed E-state index contributed by atoms with van der Waals surface area (Å²) in [6.07, 6.45) is 0.839. The summed E-state index contributed by atoms with van der Waals surface area (Å²) in [4.78, 5) is 27.6. The predicted molar refractivity (Wildman–Crippen MR) is 96.2 cm³/mol. The van der Waals surface area contributed by atoms with Crippen LogP contribution in [0.25, 0.3) is 10.6 Å². The van der Waals surface area contributed by atoms with Crippen LogP contribution in [0.4, 0.5) is 0 Å². The van der Waals surface area contributed by atoms with Gasteiger partial charge in [0.2, 0.25) is 5.91 Å². The van der Waals surface area contributed by atoms with Crippen LogP contribution in [-0.4, -0.2) is 36.6 Å². The standard InChI is InChI=1S/C18H20N2O5S/c1-3-24-14-6-4-11(8-15(14)23-2)17-19-12(10-26-17)9-25-18(22)13-5-7-16(21)20-13/h4,6,8,10,13H,3,5,7,9H2,1-2H3,(H,20,21). The van der Waals surface area contributed by atoms with Gasteiger partial charge in [0.1, 0.15) is 17.7 Å².